The van der Waals surface area contributed by atoms with E-state index in [0.29, 0.717) is 0 Å². The number of aliphatic imine (C=N–C) groups is 1. The Kier molecular flexibility index (Phi) is 10.1. The topological polar surface area (TPSA) is 57.2 Å². The van der Waals surface area contributed by atoms with Crippen LogP contribution in [0, 0.1) is 17.8 Å². The Hall–Kier alpha value is -0.570. The lowest BCUT2D eigenvalue weighted by Gasteiger charge is -2.36. The van der Waals surface area contributed by atoms with Gasteiger partial charge in [0.1, 0.15) is 0 Å². The molecule has 2 fully saturated rings. The molecule has 0 saturated carbocycles. The van der Waals surface area contributed by atoms with Crippen LogP contribution >= 0.6 is 24.0 Å². The van der Waals surface area contributed by atoms with Crippen LogP contribution < -0.4 is 5.32 Å². The Balaban J connectivity index is 0.00000312. The van der Waals surface area contributed by atoms with Gasteiger partial charge in [0.05, 0.1) is 13.0 Å². The van der Waals surface area contributed by atoms with E-state index in [1.54, 1.807) is 0 Å². The van der Waals surface area contributed by atoms with Crippen LogP contribution in [0.3, 0.4) is 0 Å². The molecule has 2 saturated heterocycles. The molecule has 0 bridgehead atoms. The minimum atomic E-state index is -0.0778. The number of piperidine rings is 2. The van der Waals surface area contributed by atoms with Crippen LogP contribution in [-0.2, 0) is 9.53 Å². The first-order valence-corrected chi connectivity index (χ1v) is 9.29. The fraction of sp³-hybridized carbons (Fsp3) is 0.889. The molecule has 2 rings (SSSR count). The molecule has 0 aromatic rings. The highest BCUT2D eigenvalue weighted by molar-refractivity contribution is 14.0. The maximum atomic E-state index is 11.6. The molecular formula is C18H35IN4O2. The van der Waals surface area contributed by atoms with Gasteiger partial charge in [-0.1, -0.05) is 13.8 Å². The molecule has 0 amide bonds. The van der Waals surface area contributed by atoms with Gasteiger partial charge in [0.2, 0.25) is 0 Å². The zero-order valence-electron chi connectivity index (χ0n) is 16.2. The molecule has 0 aromatic carbocycles. The Morgan fingerprint density at radius 1 is 1.20 bits per heavy atom. The Morgan fingerprint density at radius 3 is 2.32 bits per heavy atom. The molecule has 2 aliphatic rings. The standard InChI is InChI=1S/C18H34N4O2.HI/c1-14-11-15(2)13-21(12-14)10-7-20-18(19-3)22-8-5-16(6-9-22)17(23)24-4;/h14-16H,5-13H2,1-4H3,(H,19,20);1H. The number of nitrogens with zero attached hydrogens (tertiary/aromatic N) is 3. The maximum absolute atomic E-state index is 11.6. The number of hydrogen-bond donors (Lipinski definition) is 1. The van der Waals surface area contributed by atoms with Crippen molar-refractivity contribution < 1.29 is 9.53 Å². The summed E-state index contributed by atoms with van der Waals surface area (Å²) in [5, 5.41) is 3.49. The van der Waals surface area contributed by atoms with Crippen LogP contribution in [0.5, 0.6) is 0 Å². The normalized spacial score (nSPS) is 26.1. The number of nitrogens with one attached hydrogen (secondary N) is 1. The number of halogens is 1. The van der Waals surface area contributed by atoms with Gasteiger partial charge >= 0.3 is 5.97 Å². The van der Waals surface area contributed by atoms with Gasteiger partial charge in [0, 0.05) is 46.3 Å². The van der Waals surface area contributed by atoms with E-state index >= 15 is 0 Å². The second-order valence-corrected chi connectivity index (χ2v) is 7.46. The minimum absolute atomic E-state index is 0. The molecule has 2 heterocycles. The molecule has 7 heteroatoms. The van der Waals surface area contributed by atoms with Crippen molar-refractivity contribution in [1.82, 2.24) is 15.1 Å². The van der Waals surface area contributed by atoms with Crippen LogP contribution in [0.2, 0.25) is 0 Å². The summed E-state index contributed by atoms with van der Waals surface area (Å²) in [6.07, 6.45) is 3.03. The first-order chi connectivity index (χ1) is 11.5. The van der Waals surface area contributed by atoms with Crippen LogP contribution in [0.15, 0.2) is 4.99 Å². The quantitative estimate of drug-likeness (QED) is 0.298. The Morgan fingerprint density at radius 2 is 1.80 bits per heavy atom. The third kappa shape index (κ3) is 6.92. The monoisotopic (exact) mass is 466 g/mol. The van der Waals surface area contributed by atoms with Crippen LogP contribution in [-0.4, -0.2) is 75.2 Å². The first kappa shape index (κ1) is 22.5. The number of esters is 1. The van der Waals surface area contributed by atoms with Crippen molar-refractivity contribution in [1.29, 1.82) is 0 Å². The average Bonchev–Trinajstić information content (AvgIpc) is 2.57. The highest BCUT2D eigenvalue weighted by Gasteiger charge is 2.27. The highest BCUT2D eigenvalue weighted by atomic mass is 127. The summed E-state index contributed by atoms with van der Waals surface area (Å²) >= 11 is 0. The molecule has 0 spiro atoms. The van der Waals surface area contributed by atoms with Gasteiger partial charge in [-0.2, -0.15) is 0 Å². The summed E-state index contributed by atoms with van der Waals surface area (Å²) in [4.78, 5) is 20.8. The van der Waals surface area contributed by atoms with Crippen molar-refractivity contribution >= 4 is 35.9 Å². The predicted molar refractivity (Wildman–Crippen MR) is 112 cm³/mol. The van der Waals surface area contributed by atoms with Gasteiger partial charge in [-0.25, -0.2) is 0 Å². The minimum Gasteiger partial charge on any atom is -0.469 e. The third-order valence-corrected chi connectivity index (χ3v) is 5.20. The van der Waals surface area contributed by atoms with Crippen LogP contribution in [0.1, 0.15) is 33.1 Å². The molecule has 2 unspecified atom stereocenters. The largest absolute Gasteiger partial charge is 0.469 e. The predicted octanol–water partition coefficient (Wildman–Crippen LogP) is 2.04. The van der Waals surface area contributed by atoms with Gasteiger partial charge in [-0.3, -0.25) is 9.79 Å². The van der Waals surface area contributed by atoms with E-state index in [9.17, 15) is 4.79 Å². The molecule has 25 heavy (non-hydrogen) atoms. The summed E-state index contributed by atoms with van der Waals surface area (Å²) in [5.74, 6) is 2.51. The molecule has 2 atom stereocenters. The van der Waals surface area contributed by atoms with Gasteiger partial charge in [0.15, 0.2) is 5.96 Å². The van der Waals surface area contributed by atoms with Crippen molar-refractivity contribution in [2.45, 2.75) is 33.1 Å². The van der Waals surface area contributed by atoms with Crippen LogP contribution in [0.4, 0.5) is 0 Å². The second kappa shape index (κ2) is 11.2. The molecule has 0 aliphatic carbocycles. The van der Waals surface area contributed by atoms with E-state index in [1.165, 1.54) is 26.6 Å². The van der Waals surface area contributed by atoms with Gasteiger partial charge in [-0.05, 0) is 31.1 Å². The molecule has 0 radical (unpaired) electrons. The lowest BCUT2D eigenvalue weighted by molar-refractivity contribution is -0.146. The van der Waals surface area contributed by atoms with E-state index in [-0.39, 0.29) is 35.9 Å². The number of methoxy groups -OCH3 is 1. The fourth-order valence-corrected chi connectivity index (χ4v) is 4.13. The number of likely N-dealkylation sites (tertiary alicyclic amines) is 2. The number of ether oxygens (including phenoxy) is 1. The fourth-order valence-electron chi connectivity index (χ4n) is 4.13. The summed E-state index contributed by atoms with van der Waals surface area (Å²) in [6, 6.07) is 0. The smallest absolute Gasteiger partial charge is 0.308 e. The SMILES string of the molecule is CN=C(NCCN1CC(C)CC(C)C1)N1CCC(C(=O)OC)CC1.I. The van der Waals surface area contributed by atoms with Gasteiger partial charge in [-0.15, -0.1) is 24.0 Å². The first-order valence-electron chi connectivity index (χ1n) is 9.29. The number of carbonyl (C=O) groups is 1. The summed E-state index contributed by atoms with van der Waals surface area (Å²) in [6.45, 7) is 10.8. The van der Waals surface area contributed by atoms with Crippen molar-refractivity contribution in [3.8, 4) is 0 Å². The molecule has 6 nitrogen and oxygen atoms in total. The zero-order valence-corrected chi connectivity index (χ0v) is 18.5. The van der Waals surface area contributed by atoms with E-state index in [0.717, 1.165) is 56.8 Å². The summed E-state index contributed by atoms with van der Waals surface area (Å²) in [7, 11) is 3.30. The van der Waals surface area contributed by atoms with Crippen molar-refractivity contribution in [3.63, 3.8) is 0 Å². The van der Waals surface area contributed by atoms with Gasteiger partial charge < -0.3 is 19.9 Å². The lowest BCUT2D eigenvalue weighted by Crippen LogP contribution is -2.49. The summed E-state index contributed by atoms with van der Waals surface area (Å²) in [5.41, 5.74) is 0. The average molecular weight is 466 g/mol. The van der Waals surface area contributed by atoms with E-state index in [4.69, 9.17) is 4.74 Å². The van der Waals surface area contributed by atoms with Crippen molar-refractivity contribution in [2.75, 3.05) is 53.4 Å². The number of rotatable bonds is 4. The number of carbonyl (C=O) groups excluding carboxylic acids is 1. The van der Waals surface area contributed by atoms with E-state index in [2.05, 4.69) is 34.0 Å². The van der Waals surface area contributed by atoms with Crippen molar-refractivity contribution in [3.05, 3.63) is 0 Å². The van der Waals surface area contributed by atoms with Crippen molar-refractivity contribution in [2.24, 2.45) is 22.7 Å². The molecule has 2 aliphatic heterocycles. The molecule has 0 aromatic heterocycles. The zero-order chi connectivity index (χ0) is 17.5. The highest BCUT2D eigenvalue weighted by Crippen LogP contribution is 2.20. The maximum Gasteiger partial charge on any atom is 0.308 e. The van der Waals surface area contributed by atoms with E-state index in [1.807, 2.05) is 7.05 Å². The summed E-state index contributed by atoms with van der Waals surface area (Å²) < 4.78 is 4.85. The number of guanidine groups is 1. The van der Waals surface area contributed by atoms with Gasteiger partial charge in [0.25, 0.3) is 0 Å². The third-order valence-electron chi connectivity index (χ3n) is 5.20. The lowest BCUT2D eigenvalue weighted by atomic mass is 9.92. The Bertz CT molecular complexity index is 429. The molecule has 1 N–H and O–H groups in total. The number of hydrogen-bond acceptors (Lipinski definition) is 4. The second-order valence-electron chi connectivity index (χ2n) is 7.46. The van der Waals surface area contributed by atoms with E-state index < -0.39 is 0 Å². The molecule has 146 valence electrons. The molecular weight excluding hydrogens is 431 g/mol. The Labute approximate surface area is 169 Å². The van der Waals surface area contributed by atoms with Crippen LogP contribution in [0.25, 0.3) is 0 Å².